The fourth-order valence-corrected chi connectivity index (χ4v) is 3.70. The van der Waals surface area contributed by atoms with Gasteiger partial charge in [-0.05, 0) is 73.1 Å². The van der Waals surface area contributed by atoms with E-state index in [1.807, 2.05) is 6.92 Å². The summed E-state index contributed by atoms with van der Waals surface area (Å²) in [5.41, 5.74) is -1.47. The van der Waals surface area contributed by atoms with E-state index < -0.39 is 11.2 Å². The highest BCUT2D eigenvalue weighted by molar-refractivity contribution is 4.94. The highest BCUT2D eigenvalue weighted by Crippen LogP contribution is 2.41. The molecule has 0 spiro atoms. The molecule has 1 fully saturated rings. The van der Waals surface area contributed by atoms with Gasteiger partial charge >= 0.3 is 0 Å². The van der Waals surface area contributed by atoms with E-state index >= 15 is 0 Å². The van der Waals surface area contributed by atoms with Gasteiger partial charge in [0.1, 0.15) is 0 Å². The maximum atomic E-state index is 10.1. The molecule has 4 heteroatoms. The summed E-state index contributed by atoms with van der Waals surface area (Å²) in [6.07, 6.45) is 2.11. The molecule has 4 nitrogen and oxygen atoms in total. The predicted molar refractivity (Wildman–Crippen MR) is 103 cm³/mol. The molecule has 0 aromatic rings. The molecule has 0 bridgehead atoms. The van der Waals surface area contributed by atoms with Gasteiger partial charge in [0.15, 0.2) is 0 Å². The van der Waals surface area contributed by atoms with Crippen LogP contribution in [0.5, 0.6) is 0 Å². The van der Waals surface area contributed by atoms with E-state index in [1.54, 1.807) is 13.8 Å². The fraction of sp³-hybridized carbons (Fsp3) is 1.00. The molecule has 1 N–H and O–H groups in total. The van der Waals surface area contributed by atoms with Gasteiger partial charge in [0, 0.05) is 12.5 Å². The maximum absolute atomic E-state index is 10.1. The maximum Gasteiger partial charge on any atom is 0.0824 e. The molecule has 3 atom stereocenters. The van der Waals surface area contributed by atoms with Crippen LogP contribution in [0.15, 0.2) is 0 Å². The molecule has 0 aromatic carbocycles. The first-order valence-corrected chi connectivity index (χ1v) is 9.89. The van der Waals surface area contributed by atoms with Crippen molar-refractivity contribution < 1.29 is 19.3 Å². The summed E-state index contributed by atoms with van der Waals surface area (Å²) in [5.74, 6) is 1.44. The molecular formula is C21H42O4. The molecule has 0 amide bonds. The van der Waals surface area contributed by atoms with Crippen LogP contribution in [0.3, 0.4) is 0 Å². The Morgan fingerprint density at radius 2 is 1.68 bits per heavy atom. The largest absolute Gasteiger partial charge is 0.388 e. The minimum absolute atomic E-state index is 0.170. The summed E-state index contributed by atoms with van der Waals surface area (Å²) in [4.78, 5) is 0. The quantitative estimate of drug-likeness (QED) is 0.627. The van der Waals surface area contributed by atoms with Crippen LogP contribution >= 0.6 is 0 Å². The van der Waals surface area contributed by atoms with E-state index in [-0.39, 0.29) is 17.6 Å². The zero-order valence-corrected chi connectivity index (χ0v) is 18.0. The number of aliphatic hydroxyl groups is 1. The molecule has 1 aliphatic rings. The second-order valence-corrected chi connectivity index (χ2v) is 9.82. The third kappa shape index (κ3) is 7.54. The van der Waals surface area contributed by atoms with Crippen molar-refractivity contribution in [2.75, 3.05) is 19.8 Å². The number of hydrogen-bond donors (Lipinski definition) is 1. The Morgan fingerprint density at radius 3 is 2.12 bits per heavy atom. The lowest BCUT2D eigenvalue weighted by Crippen LogP contribution is -2.47. The van der Waals surface area contributed by atoms with Crippen molar-refractivity contribution in [3.8, 4) is 0 Å². The molecule has 0 aliphatic carbocycles. The summed E-state index contributed by atoms with van der Waals surface area (Å²) in [7, 11) is 0. The molecule has 0 radical (unpaired) electrons. The Morgan fingerprint density at radius 1 is 1.08 bits per heavy atom. The van der Waals surface area contributed by atoms with Crippen molar-refractivity contribution >= 4 is 0 Å². The smallest absolute Gasteiger partial charge is 0.0824 e. The normalized spacial score (nSPS) is 24.1. The van der Waals surface area contributed by atoms with Crippen LogP contribution in [0.2, 0.25) is 0 Å². The molecule has 150 valence electrons. The molecule has 1 rings (SSSR count). The van der Waals surface area contributed by atoms with Crippen LogP contribution in [-0.4, -0.2) is 47.8 Å². The molecule has 1 aliphatic heterocycles. The summed E-state index contributed by atoms with van der Waals surface area (Å²) in [6, 6.07) is 0. The molecule has 1 heterocycles. The van der Waals surface area contributed by atoms with E-state index in [4.69, 9.17) is 14.2 Å². The lowest BCUT2D eigenvalue weighted by atomic mass is 9.76. The Balaban J connectivity index is 2.94. The van der Waals surface area contributed by atoms with Crippen molar-refractivity contribution in [2.24, 2.45) is 17.8 Å². The minimum Gasteiger partial charge on any atom is -0.388 e. The third-order valence-electron chi connectivity index (χ3n) is 5.39. The van der Waals surface area contributed by atoms with Gasteiger partial charge in [-0.2, -0.15) is 0 Å². The third-order valence-corrected chi connectivity index (χ3v) is 5.39. The zero-order valence-electron chi connectivity index (χ0n) is 18.0. The fourth-order valence-electron chi connectivity index (χ4n) is 3.70. The molecule has 0 saturated carbocycles. The van der Waals surface area contributed by atoms with Gasteiger partial charge in [-0.25, -0.2) is 0 Å². The van der Waals surface area contributed by atoms with Crippen molar-refractivity contribution in [2.45, 2.75) is 98.1 Å². The highest BCUT2D eigenvalue weighted by Gasteiger charge is 2.44. The van der Waals surface area contributed by atoms with Crippen LogP contribution in [-0.2, 0) is 14.2 Å². The average Bonchev–Trinajstić information content (AvgIpc) is 2.91. The second-order valence-electron chi connectivity index (χ2n) is 9.82. The van der Waals surface area contributed by atoms with Gasteiger partial charge in [0.25, 0.3) is 0 Å². The zero-order chi connectivity index (χ0) is 19.5. The van der Waals surface area contributed by atoms with E-state index in [0.717, 1.165) is 19.4 Å². The lowest BCUT2D eigenvalue weighted by Gasteiger charge is -2.42. The topological polar surface area (TPSA) is 47.9 Å². The molecular weight excluding hydrogens is 316 g/mol. The van der Waals surface area contributed by atoms with Crippen molar-refractivity contribution in [1.29, 1.82) is 0 Å². The highest BCUT2D eigenvalue weighted by atomic mass is 16.5. The number of hydrogen-bond acceptors (Lipinski definition) is 4. The van der Waals surface area contributed by atoms with Crippen LogP contribution in [0.4, 0.5) is 0 Å². The first-order chi connectivity index (χ1) is 11.3. The van der Waals surface area contributed by atoms with Gasteiger partial charge in [-0.1, -0.05) is 13.8 Å². The van der Waals surface area contributed by atoms with Crippen molar-refractivity contribution in [3.63, 3.8) is 0 Å². The van der Waals surface area contributed by atoms with Gasteiger partial charge in [-0.15, -0.1) is 0 Å². The first kappa shape index (κ1) is 22.9. The Kier molecular flexibility index (Phi) is 7.95. The Bertz CT molecular complexity index is 395. The van der Waals surface area contributed by atoms with E-state index in [0.29, 0.717) is 25.0 Å². The van der Waals surface area contributed by atoms with E-state index in [2.05, 4.69) is 41.5 Å². The SMILES string of the molecule is CCOC(C)(C)CC(C1CC(C(C)C)CO1)C(C)(C)OCC(C)(C)O. The Labute approximate surface area is 155 Å². The lowest BCUT2D eigenvalue weighted by molar-refractivity contribution is -0.156. The van der Waals surface area contributed by atoms with Gasteiger partial charge in [-0.3, -0.25) is 0 Å². The van der Waals surface area contributed by atoms with Crippen LogP contribution in [0, 0.1) is 17.8 Å². The summed E-state index contributed by atoms with van der Waals surface area (Å²) >= 11 is 0. The Hall–Kier alpha value is -0.160. The van der Waals surface area contributed by atoms with Crippen LogP contribution < -0.4 is 0 Å². The summed E-state index contributed by atoms with van der Waals surface area (Å²) < 4.78 is 18.4. The molecule has 3 unspecified atom stereocenters. The standard InChI is InChI=1S/C21H42O4/c1-10-24-20(6,7)12-17(18-11-16(13-23-18)15(2)3)21(8,9)25-14-19(4,5)22/h15-18,22H,10-14H2,1-9H3. The van der Waals surface area contributed by atoms with Gasteiger partial charge < -0.3 is 19.3 Å². The van der Waals surface area contributed by atoms with Crippen molar-refractivity contribution in [3.05, 3.63) is 0 Å². The summed E-state index contributed by atoms with van der Waals surface area (Å²) in [5, 5.41) is 10.1. The van der Waals surface area contributed by atoms with Crippen LogP contribution in [0.1, 0.15) is 75.2 Å². The minimum atomic E-state index is -0.839. The monoisotopic (exact) mass is 358 g/mol. The predicted octanol–water partition coefficient (Wildman–Crippen LogP) is 4.44. The van der Waals surface area contributed by atoms with E-state index in [1.165, 1.54) is 0 Å². The number of ether oxygens (including phenoxy) is 3. The van der Waals surface area contributed by atoms with Crippen LogP contribution in [0.25, 0.3) is 0 Å². The summed E-state index contributed by atoms with van der Waals surface area (Å²) in [6.45, 7) is 20.5. The second kappa shape index (κ2) is 8.69. The van der Waals surface area contributed by atoms with Gasteiger partial charge in [0.05, 0.1) is 36.1 Å². The average molecular weight is 359 g/mol. The van der Waals surface area contributed by atoms with Gasteiger partial charge in [0.2, 0.25) is 0 Å². The van der Waals surface area contributed by atoms with E-state index in [9.17, 15) is 5.11 Å². The molecule has 25 heavy (non-hydrogen) atoms. The molecule has 0 aromatic heterocycles. The number of rotatable bonds is 10. The van der Waals surface area contributed by atoms with Crippen molar-refractivity contribution in [1.82, 2.24) is 0 Å². The molecule has 1 saturated heterocycles. The first-order valence-electron chi connectivity index (χ1n) is 9.89.